The van der Waals surface area contributed by atoms with E-state index in [-0.39, 0.29) is 49.9 Å². The van der Waals surface area contributed by atoms with Crippen molar-refractivity contribution in [1.29, 1.82) is 0 Å². The molecular weight excluding hydrogens is 608 g/mol. The molecule has 15 nitrogen and oxygen atoms in total. The number of guanidine groups is 1. The van der Waals surface area contributed by atoms with Crippen LogP contribution in [0.15, 0.2) is 59.6 Å². The molecule has 0 fully saturated rings. The van der Waals surface area contributed by atoms with Gasteiger partial charge in [0.2, 0.25) is 23.6 Å². The van der Waals surface area contributed by atoms with Gasteiger partial charge in [0.1, 0.15) is 30.4 Å². The van der Waals surface area contributed by atoms with Gasteiger partial charge in [0.05, 0.1) is 6.04 Å². The van der Waals surface area contributed by atoms with Gasteiger partial charge in [-0.3, -0.25) is 29.0 Å². The Labute approximate surface area is 273 Å². The third-order valence-electron chi connectivity index (χ3n) is 6.98. The molecule has 256 valence electrons. The number of rotatable bonds is 19. The molecule has 12 N–H and O–H groups in total. The van der Waals surface area contributed by atoms with Crippen molar-refractivity contribution in [2.24, 2.45) is 28.1 Å². The third kappa shape index (κ3) is 14.6. The van der Waals surface area contributed by atoms with Gasteiger partial charge in [-0.05, 0) is 54.9 Å². The fourth-order valence-electron chi connectivity index (χ4n) is 4.62. The van der Waals surface area contributed by atoms with Crippen LogP contribution in [-0.4, -0.2) is 83.0 Å². The Balaban J connectivity index is 2.31. The molecule has 2 rings (SSSR count). The minimum Gasteiger partial charge on any atom is -0.508 e. The second-order valence-corrected chi connectivity index (χ2v) is 11.5. The first-order chi connectivity index (χ1) is 22.2. The van der Waals surface area contributed by atoms with E-state index in [9.17, 15) is 29.1 Å². The molecule has 2 aromatic rings. The largest absolute Gasteiger partial charge is 0.508 e. The number of hydrogen-bond acceptors (Lipinski definition) is 8. The van der Waals surface area contributed by atoms with Gasteiger partial charge < -0.3 is 48.7 Å². The predicted octanol–water partition coefficient (Wildman–Crippen LogP) is -0.740. The van der Waals surface area contributed by atoms with Gasteiger partial charge in [-0.2, -0.15) is 0 Å². The fraction of sp³-hybridized carbons (Fsp3) is 0.438. The van der Waals surface area contributed by atoms with Crippen LogP contribution in [0.3, 0.4) is 0 Å². The van der Waals surface area contributed by atoms with Crippen LogP contribution in [0.4, 0.5) is 0 Å². The minimum atomic E-state index is -1.25. The van der Waals surface area contributed by atoms with Gasteiger partial charge in [0.15, 0.2) is 5.96 Å². The number of nitrogens with zero attached hydrogens (tertiary/aromatic N) is 1. The highest BCUT2D eigenvalue weighted by Gasteiger charge is 2.31. The molecule has 0 aromatic heterocycles. The van der Waals surface area contributed by atoms with Gasteiger partial charge >= 0.3 is 5.97 Å². The summed E-state index contributed by atoms with van der Waals surface area (Å²) >= 11 is 0. The number of nitrogens with one attached hydrogen (secondary N) is 4. The number of aromatic hydroxyl groups is 1. The van der Waals surface area contributed by atoms with Gasteiger partial charge in [0, 0.05) is 13.0 Å². The molecule has 4 amide bonds. The van der Waals surface area contributed by atoms with Crippen molar-refractivity contribution < 1.29 is 34.2 Å². The van der Waals surface area contributed by atoms with Crippen LogP contribution < -0.4 is 38.5 Å². The number of hydrogen-bond donors (Lipinski definition) is 9. The van der Waals surface area contributed by atoms with Crippen molar-refractivity contribution in [2.75, 3.05) is 13.1 Å². The molecule has 47 heavy (non-hydrogen) atoms. The van der Waals surface area contributed by atoms with Crippen molar-refractivity contribution in [1.82, 2.24) is 21.3 Å². The summed E-state index contributed by atoms with van der Waals surface area (Å²) in [6.07, 6.45) is 0.792. The molecule has 0 aliphatic heterocycles. The van der Waals surface area contributed by atoms with E-state index in [1.165, 1.54) is 12.1 Å². The van der Waals surface area contributed by atoms with Crippen LogP contribution in [0.1, 0.15) is 44.2 Å². The number of aliphatic carboxylic acids is 1. The Morgan fingerprint density at radius 3 is 1.94 bits per heavy atom. The highest BCUT2D eigenvalue weighted by Crippen LogP contribution is 2.13. The van der Waals surface area contributed by atoms with E-state index in [1.807, 2.05) is 44.2 Å². The average Bonchev–Trinajstić information content (AvgIpc) is 3.01. The fourth-order valence-corrected chi connectivity index (χ4v) is 4.62. The summed E-state index contributed by atoms with van der Waals surface area (Å²) in [6, 6.07) is 10.7. The molecule has 15 heteroatoms. The molecule has 0 saturated heterocycles. The molecule has 0 radical (unpaired) electrons. The number of phenolic OH excluding ortho intramolecular Hbond substituents is 1. The summed E-state index contributed by atoms with van der Waals surface area (Å²) in [4.78, 5) is 68.2. The number of aliphatic imine (C=N–C) groups is 1. The highest BCUT2D eigenvalue weighted by molar-refractivity contribution is 5.95. The first-order valence-corrected chi connectivity index (χ1v) is 15.3. The minimum absolute atomic E-state index is 0.00118. The lowest BCUT2D eigenvalue weighted by atomic mass is 10.0. The first kappa shape index (κ1) is 38.0. The number of carbonyl (C=O) groups is 5. The molecular formula is C32H46N8O7. The molecule has 0 spiro atoms. The van der Waals surface area contributed by atoms with Crippen molar-refractivity contribution in [2.45, 2.75) is 70.1 Å². The van der Waals surface area contributed by atoms with Crippen molar-refractivity contribution in [3.63, 3.8) is 0 Å². The number of carboxylic acid groups (broad SMARTS) is 1. The van der Waals surface area contributed by atoms with Crippen LogP contribution in [0.2, 0.25) is 0 Å². The maximum atomic E-state index is 13.7. The normalized spacial score (nSPS) is 13.4. The quantitative estimate of drug-likeness (QED) is 0.0520. The van der Waals surface area contributed by atoms with Gasteiger partial charge in [-0.25, -0.2) is 0 Å². The van der Waals surface area contributed by atoms with Crippen molar-refractivity contribution in [3.8, 4) is 5.75 Å². The topological polar surface area (TPSA) is 264 Å². The Bertz CT molecular complexity index is 1370. The first-order valence-electron chi connectivity index (χ1n) is 15.3. The lowest BCUT2D eigenvalue weighted by molar-refractivity contribution is -0.138. The Hall–Kier alpha value is -5.18. The highest BCUT2D eigenvalue weighted by atomic mass is 16.4. The molecule has 0 unspecified atom stereocenters. The Kier molecular flexibility index (Phi) is 15.7. The Morgan fingerprint density at radius 1 is 0.766 bits per heavy atom. The van der Waals surface area contributed by atoms with Gasteiger partial charge in [-0.15, -0.1) is 0 Å². The number of nitrogens with two attached hydrogens (primary N) is 3. The molecule has 2 aromatic carbocycles. The summed E-state index contributed by atoms with van der Waals surface area (Å²) in [7, 11) is 0. The van der Waals surface area contributed by atoms with E-state index in [4.69, 9.17) is 22.3 Å². The van der Waals surface area contributed by atoms with E-state index >= 15 is 0 Å². The second kappa shape index (κ2) is 19.4. The third-order valence-corrected chi connectivity index (χ3v) is 6.98. The molecule has 4 atom stereocenters. The van der Waals surface area contributed by atoms with Crippen LogP contribution in [0.5, 0.6) is 5.75 Å². The zero-order valence-corrected chi connectivity index (χ0v) is 26.6. The molecule has 0 aliphatic rings. The SMILES string of the molecule is CC(C)C[C@H](NC(=O)[C@H](Cc1ccc(O)cc1)NC(=O)[C@H](CCCN=C(N)N)NC(=O)[C@@H](N)Cc1ccccc1)C(=O)NCC(=O)O. The number of benzene rings is 2. The maximum absolute atomic E-state index is 13.7. The van der Waals surface area contributed by atoms with Crippen LogP contribution in [0, 0.1) is 5.92 Å². The molecule has 0 heterocycles. The molecule has 0 saturated carbocycles. The second-order valence-electron chi connectivity index (χ2n) is 11.5. The predicted molar refractivity (Wildman–Crippen MR) is 176 cm³/mol. The monoisotopic (exact) mass is 654 g/mol. The lowest BCUT2D eigenvalue weighted by Gasteiger charge is -2.26. The molecule has 0 aliphatic carbocycles. The number of carbonyl (C=O) groups excluding carboxylic acids is 4. The van der Waals surface area contributed by atoms with E-state index in [2.05, 4.69) is 26.3 Å². The standard InChI is InChI=1S/C32H46N8O7/c1-19(2)15-25(29(45)37-18-27(42)43)39-31(47)26(17-21-10-12-22(41)13-11-21)40-30(46)24(9-6-14-36-32(34)35)38-28(44)23(33)16-20-7-4-3-5-8-20/h3-5,7-8,10-13,19,23-26,41H,6,9,14-18,33H2,1-2H3,(H,37,45)(H,38,44)(H,39,47)(H,40,46)(H,42,43)(H4,34,35,36)/t23-,24-,25-,26-/m0/s1. The zero-order valence-electron chi connectivity index (χ0n) is 26.6. The van der Waals surface area contributed by atoms with Crippen LogP contribution >= 0.6 is 0 Å². The lowest BCUT2D eigenvalue weighted by Crippen LogP contribution is -2.58. The summed E-state index contributed by atoms with van der Waals surface area (Å²) in [6.45, 7) is 3.21. The zero-order chi connectivity index (χ0) is 34.9. The van der Waals surface area contributed by atoms with Gasteiger partial charge in [-0.1, -0.05) is 56.3 Å². The average molecular weight is 655 g/mol. The van der Waals surface area contributed by atoms with E-state index < -0.39 is 60.3 Å². The summed E-state index contributed by atoms with van der Waals surface area (Å²) in [5, 5.41) is 29.0. The van der Waals surface area contributed by atoms with E-state index in [0.29, 0.717) is 12.0 Å². The summed E-state index contributed by atoms with van der Waals surface area (Å²) in [5.41, 5.74) is 18.4. The van der Waals surface area contributed by atoms with Crippen LogP contribution in [0.25, 0.3) is 0 Å². The van der Waals surface area contributed by atoms with E-state index in [1.54, 1.807) is 12.1 Å². The smallest absolute Gasteiger partial charge is 0.322 e. The number of amides is 4. The van der Waals surface area contributed by atoms with Crippen molar-refractivity contribution >= 4 is 35.6 Å². The summed E-state index contributed by atoms with van der Waals surface area (Å²) < 4.78 is 0. The summed E-state index contributed by atoms with van der Waals surface area (Å²) in [5.74, 6) is -4.11. The van der Waals surface area contributed by atoms with Gasteiger partial charge in [0.25, 0.3) is 0 Å². The number of carboxylic acids is 1. The maximum Gasteiger partial charge on any atom is 0.322 e. The molecule has 0 bridgehead atoms. The van der Waals surface area contributed by atoms with Crippen molar-refractivity contribution in [3.05, 3.63) is 65.7 Å². The van der Waals surface area contributed by atoms with E-state index in [0.717, 1.165) is 5.56 Å². The van der Waals surface area contributed by atoms with Crippen LogP contribution in [-0.2, 0) is 36.8 Å². The Morgan fingerprint density at radius 2 is 1.34 bits per heavy atom. The number of phenols is 1.